The van der Waals surface area contributed by atoms with Gasteiger partial charge in [0, 0.05) is 5.69 Å². The molecule has 0 aliphatic carbocycles. The van der Waals surface area contributed by atoms with Gasteiger partial charge in [0.2, 0.25) is 0 Å². The summed E-state index contributed by atoms with van der Waals surface area (Å²) in [5, 5.41) is 2.45. The number of amides is 1. The van der Waals surface area contributed by atoms with E-state index in [0.717, 1.165) is 17.7 Å². The van der Waals surface area contributed by atoms with Crippen molar-refractivity contribution in [2.75, 3.05) is 5.32 Å². The Labute approximate surface area is 151 Å². The zero-order valence-electron chi connectivity index (χ0n) is 15.1. The quantitative estimate of drug-likeness (QED) is 0.787. The molecule has 0 unspecified atom stereocenters. The zero-order valence-corrected chi connectivity index (χ0v) is 15.1. The lowest BCUT2D eigenvalue weighted by molar-refractivity contribution is -0.137. The summed E-state index contributed by atoms with van der Waals surface area (Å²) in [6, 6.07) is 11.9. The van der Waals surface area contributed by atoms with Crippen LogP contribution >= 0.6 is 0 Å². The Morgan fingerprint density at radius 3 is 2.15 bits per heavy atom. The molecule has 0 saturated heterocycles. The molecule has 2 aromatic rings. The minimum Gasteiger partial charge on any atom is -0.481 e. The molecule has 26 heavy (non-hydrogen) atoms. The predicted molar refractivity (Wildman–Crippen MR) is 95.3 cm³/mol. The van der Waals surface area contributed by atoms with Crippen LogP contribution in [0.1, 0.15) is 38.8 Å². The van der Waals surface area contributed by atoms with Crippen LogP contribution in [0.5, 0.6) is 5.75 Å². The molecule has 0 aliphatic heterocycles. The maximum Gasteiger partial charge on any atom is 0.416 e. The Hall–Kier alpha value is -2.50. The van der Waals surface area contributed by atoms with Crippen molar-refractivity contribution in [3.8, 4) is 5.75 Å². The van der Waals surface area contributed by atoms with Gasteiger partial charge in [-0.05, 0) is 48.2 Å². The van der Waals surface area contributed by atoms with E-state index in [1.54, 1.807) is 19.1 Å². The molecule has 0 saturated carbocycles. The summed E-state index contributed by atoms with van der Waals surface area (Å²) in [5.74, 6) is -0.00563. The molecule has 0 aromatic heterocycles. The second-order valence-corrected chi connectivity index (χ2v) is 7.10. The summed E-state index contributed by atoms with van der Waals surface area (Å²) in [4.78, 5) is 12.2. The van der Waals surface area contributed by atoms with Gasteiger partial charge in [0.25, 0.3) is 5.91 Å². The van der Waals surface area contributed by atoms with Gasteiger partial charge in [0.05, 0.1) is 5.56 Å². The fraction of sp³-hybridized carbons (Fsp3) is 0.350. The fourth-order valence-corrected chi connectivity index (χ4v) is 2.31. The maximum atomic E-state index is 12.7. The molecule has 6 heteroatoms. The van der Waals surface area contributed by atoms with E-state index in [0.29, 0.717) is 5.75 Å². The summed E-state index contributed by atoms with van der Waals surface area (Å²) in [6.45, 7) is 7.82. The third kappa shape index (κ3) is 5.25. The van der Waals surface area contributed by atoms with Crippen molar-refractivity contribution in [3.05, 3.63) is 59.7 Å². The molecule has 2 rings (SSSR count). The normalized spacial score (nSPS) is 13.2. The molecule has 140 valence electrons. The van der Waals surface area contributed by atoms with Crippen molar-refractivity contribution < 1.29 is 22.7 Å². The summed E-state index contributed by atoms with van der Waals surface area (Å²) in [6.07, 6.45) is -5.32. The fourth-order valence-electron chi connectivity index (χ4n) is 2.31. The summed E-state index contributed by atoms with van der Waals surface area (Å²) < 4.78 is 43.8. The Kier molecular flexibility index (Phi) is 5.64. The van der Waals surface area contributed by atoms with E-state index in [2.05, 4.69) is 26.1 Å². The molecular formula is C20H22F3NO2. The van der Waals surface area contributed by atoms with Gasteiger partial charge in [-0.15, -0.1) is 0 Å². The molecule has 3 nitrogen and oxygen atoms in total. The van der Waals surface area contributed by atoms with Gasteiger partial charge < -0.3 is 10.1 Å². The maximum absolute atomic E-state index is 12.7. The molecule has 1 amide bonds. The van der Waals surface area contributed by atoms with Crippen LogP contribution in [0.25, 0.3) is 0 Å². The number of nitrogens with one attached hydrogen (secondary N) is 1. The standard InChI is InChI=1S/C20H22F3NO2/c1-13(26-17-10-8-14(9-11-17)19(2,3)4)18(25)24-16-7-5-6-15(12-16)20(21,22)23/h5-13H,1-4H3,(H,24,25)/t13-/m0/s1. The summed E-state index contributed by atoms with van der Waals surface area (Å²) in [7, 11) is 0. The SMILES string of the molecule is C[C@H](Oc1ccc(C(C)(C)C)cc1)C(=O)Nc1cccc(C(F)(F)F)c1. The van der Waals surface area contributed by atoms with Crippen LogP contribution in [0.3, 0.4) is 0 Å². The predicted octanol–water partition coefficient (Wildman–Crippen LogP) is 5.41. The molecule has 0 heterocycles. The van der Waals surface area contributed by atoms with Crippen LogP contribution in [0.4, 0.5) is 18.9 Å². The lowest BCUT2D eigenvalue weighted by atomic mass is 9.87. The van der Waals surface area contributed by atoms with Crippen LogP contribution in [-0.2, 0) is 16.4 Å². The molecule has 1 N–H and O–H groups in total. The van der Waals surface area contributed by atoms with Crippen molar-refractivity contribution in [2.24, 2.45) is 0 Å². The van der Waals surface area contributed by atoms with Gasteiger partial charge in [-0.1, -0.05) is 39.0 Å². The van der Waals surface area contributed by atoms with Crippen LogP contribution in [0.2, 0.25) is 0 Å². The minimum absolute atomic E-state index is 0.00498. The van der Waals surface area contributed by atoms with Gasteiger partial charge in [-0.25, -0.2) is 0 Å². The van der Waals surface area contributed by atoms with Crippen molar-refractivity contribution >= 4 is 11.6 Å². The first-order valence-electron chi connectivity index (χ1n) is 8.22. The highest BCUT2D eigenvalue weighted by atomic mass is 19.4. The number of ether oxygens (including phenoxy) is 1. The monoisotopic (exact) mass is 365 g/mol. The second-order valence-electron chi connectivity index (χ2n) is 7.10. The summed E-state index contributed by atoms with van der Waals surface area (Å²) in [5.41, 5.74) is 0.390. The van der Waals surface area contributed by atoms with Gasteiger partial charge >= 0.3 is 6.18 Å². The van der Waals surface area contributed by atoms with E-state index in [9.17, 15) is 18.0 Å². The number of hydrogen-bond acceptors (Lipinski definition) is 2. The van der Waals surface area contributed by atoms with E-state index in [1.807, 2.05) is 12.1 Å². The average molecular weight is 365 g/mol. The third-order valence-electron chi connectivity index (χ3n) is 3.86. The van der Waals surface area contributed by atoms with Gasteiger partial charge in [-0.3, -0.25) is 4.79 Å². The average Bonchev–Trinajstić information content (AvgIpc) is 2.54. The first kappa shape index (κ1) is 19.8. The van der Waals surface area contributed by atoms with Gasteiger partial charge in [0.1, 0.15) is 5.75 Å². The molecular weight excluding hydrogens is 343 g/mol. The molecule has 0 radical (unpaired) electrons. The number of carbonyl (C=O) groups is 1. The topological polar surface area (TPSA) is 38.3 Å². The van der Waals surface area contributed by atoms with Crippen molar-refractivity contribution in [2.45, 2.75) is 45.4 Å². The van der Waals surface area contributed by atoms with Crippen LogP contribution in [0.15, 0.2) is 48.5 Å². The van der Waals surface area contributed by atoms with Crippen molar-refractivity contribution in [1.82, 2.24) is 0 Å². The number of rotatable bonds is 4. The van der Waals surface area contributed by atoms with E-state index >= 15 is 0 Å². The lowest BCUT2D eigenvalue weighted by Crippen LogP contribution is -2.30. The molecule has 0 bridgehead atoms. The minimum atomic E-state index is -4.46. The Balaban J connectivity index is 2.02. The zero-order chi connectivity index (χ0) is 19.5. The van der Waals surface area contributed by atoms with Crippen LogP contribution < -0.4 is 10.1 Å². The van der Waals surface area contributed by atoms with E-state index < -0.39 is 23.8 Å². The number of anilines is 1. The Morgan fingerprint density at radius 1 is 1.00 bits per heavy atom. The smallest absolute Gasteiger partial charge is 0.416 e. The van der Waals surface area contributed by atoms with Gasteiger partial charge in [0.15, 0.2) is 6.10 Å². The van der Waals surface area contributed by atoms with Gasteiger partial charge in [-0.2, -0.15) is 13.2 Å². The van der Waals surface area contributed by atoms with Crippen LogP contribution in [0, 0.1) is 0 Å². The lowest BCUT2D eigenvalue weighted by Gasteiger charge is -2.20. The Morgan fingerprint density at radius 2 is 1.62 bits per heavy atom. The van der Waals surface area contributed by atoms with E-state index in [1.165, 1.54) is 12.1 Å². The number of benzene rings is 2. The molecule has 0 aliphatic rings. The van der Waals surface area contributed by atoms with Crippen LogP contribution in [-0.4, -0.2) is 12.0 Å². The second kappa shape index (κ2) is 7.40. The highest BCUT2D eigenvalue weighted by Gasteiger charge is 2.30. The van der Waals surface area contributed by atoms with E-state index in [-0.39, 0.29) is 11.1 Å². The van der Waals surface area contributed by atoms with Crippen molar-refractivity contribution in [1.29, 1.82) is 0 Å². The molecule has 2 aromatic carbocycles. The molecule has 0 fully saturated rings. The molecule has 1 atom stereocenters. The summed E-state index contributed by atoms with van der Waals surface area (Å²) >= 11 is 0. The van der Waals surface area contributed by atoms with Crippen molar-refractivity contribution in [3.63, 3.8) is 0 Å². The first-order valence-corrected chi connectivity index (χ1v) is 8.22. The largest absolute Gasteiger partial charge is 0.481 e. The Bertz CT molecular complexity index is 762. The number of halogens is 3. The number of alkyl halides is 3. The van der Waals surface area contributed by atoms with E-state index in [4.69, 9.17) is 4.74 Å². The molecule has 0 spiro atoms. The first-order chi connectivity index (χ1) is 12.0. The highest BCUT2D eigenvalue weighted by Crippen LogP contribution is 2.30. The third-order valence-corrected chi connectivity index (χ3v) is 3.86. The number of carbonyl (C=O) groups excluding carboxylic acids is 1. The number of hydrogen-bond donors (Lipinski definition) is 1. The highest BCUT2D eigenvalue weighted by molar-refractivity contribution is 5.94.